The minimum Gasteiger partial charge on any atom is -0.465 e. The third kappa shape index (κ3) is 2.28. The Balaban J connectivity index is 2.47. The van der Waals surface area contributed by atoms with Gasteiger partial charge >= 0.3 is 5.97 Å². The number of hydrogen-bond donors (Lipinski definition) is 0. The monoisotopic (exact) mass is 272 g/mol. The van der Waals surface area contributed by atoms with Crippen LogP contribution in [-0.2, 0) is 14.3 Å². The van der Waals surface area contributed by atoms with Gasteiger partial charge in [0, 0.05) is 12.3 Å². The summed E-state index contributed by atoms with van der Waals surface area (Å²) in [4.78, 5) is 24.9. The van der Waals surface area contributed by atoms with Gasteiger partial charge in [-0.15, -0.1) is 6.58 Å². The van der Waals surface area contributed by atoms with Gasteiger partial charge in [-0.2, -0.15) is 0 Å². The van der Waals surface area contributed by atoms with Crippen LogP contribution in [0.3, 0.4) is 0 Å². The Labute approximate surface area is 119 Å². The lowest BCUT2D eigenvalue weighted by atomic mass is 9.70. The van der Waals surface area contributed by atoms with Crippen molar-refractivity contribution >= 4 is 11.8 Å². The minimum absolute atomic E-state index is 0.0234. The van der Waals surface area contributed by atoms with Crippen LogP contribution in [0.2, 0.25) is 0 Å². The molecule has 1 saturated carbocycles. The van der Waals surface area contributed by atoms with Gasteiger partial charge < -0.3 is 4.74 Å². The lowest BCUT2D eigenvalue weighted by molar-refractivity contribution is -0.159. The summed E-state index contributed by atoms with van der Waals surface area (Å²) in [6.45, 7) is 5.89. The fourth-order valence-corrected chi connectivity index (χ4v) is 3.10. The second-order valence-electron chi connectivity index (χ2n) is 5.09. The topological polar surface area (TPSA) is 43.4 Å². The van der Waals surface area contributed by atoms with E-state index >= 15 is 0 Å². The highest BCUT2D eigenvalue weighted by molar-refractivity contribution is 6.06. The molecule has 3 heteroatoms. The van der Waals surface area contributed by atoms with E-state index in [0.29, 0.717) is 12.8 Å². The van der Waals surface area contributed by atoms with Crippen LogP contribution < -0.4 is 0 Å². The summed E-state index contributed by atoms with van der Waals surface area (Å²) >= 11 is 0. The smallest absolute Gasteiger partial charge is 0.320 e. The average molecular weight is 272 g/mol. The van der Waals surface area contributed by atoms with Crippen LogP contribution in [0.15, 0.2) is 43.0 Å². The van der Waals surface area contributed by atoms with Gasteiger partial charge in [0.1, 0.15) is 5.41 Å². The lowest BCUT2D eigenvalue weighted by Gasteiger charge is -2.32. The van der Waals surface area contributed by atoms with E-state index in [1.165, 1.54) is 0 Å². The number of esters is 1. The molecule has 0 saturated heterocycles. The maximum atomic E-state index is 12.5. The van der Waals surface area contributed by atoms with Crippen LogP contribution in [0.4, 0.5) is 0 Å². The van der Waals surface area contributed by atoms with E-state index in [0.717, 1.165) is 12.0 Å². The fraction of sp³-hybridized carbons (Fsp3) is 0.412. The largest absolute Gasteiger partial charge is 0.465 e. The Morgan fingerprint density at radius 1 is 1.45 bits per heavy atom. The minimum atomic E-state index is -1.08. The molecule has 0 aliphatic heterocycles. The molecule has 0 heterocycles. The van der Waals surface area contributed by atoms with Crippen molar-refractivity contribution in [2.75, 3.05) is 6.61 Å². The number of carbonyl (C=O) groups excluding carboxylic acids is 2. The molecule has 3 nitrogen and oxygen atoms in total. The molecule has 1 aromatic carbocycles. The molecule has 20 heavy (non-hydrogen) atoms. The molecule has 0 unspecified atom stereocenters. The second kappa shape index (κ2) is 6.04. The zero-order valence-corrected chi connectivity index (χ0v) is 11.8. The summed E-state index contributed by atoms with van der Waals surface area (Å²) in [6.07, 6.45) is 3.41. The number of Topliss-reactive ketones (excluding diaryl/α,β-unsaturated/α-hetero) is 1. The summed E-state index contributed by atoms with van der Waals surface area (Å²) in [6, 6.07) is 9.59. The van der Waals surface area contributed by atoms with Crippen molar-refractivity contribution in [3.05, 3.63) is 48.6 Å². The van der Waals surface area contributed by atoms with E-state index in [1.807, 2.05) is 30.3 Å². The molecule has 2 atom stereocenters. The average Bonchev–Trinajstić information content (AvgIpc) is 2.84. The normalized spacial score (nSPS) is 23.4. The Morgan fingerprint density at radius 3 is 2.65 bits per heavy atom. The number of carbonyl (C=O) groups is 2. The van der Waals surface area contributed by atoms with Crippen LogP contribution >= 0.6 is 0 Å². The number of hydrogen-bond acceptors (Lipinski definition) is 3. The molecular formula is C17H20O3. The van der Waals surface area contributed by atoms with Crippen LogP contribution in [0.5, 0.6) is 0 Å². The van der Waals surface area contributed by atoms with E-state index in [4.69, 9.17) is 4.74 Å². The number of benzene rings is 1. The summed E-state index contributed by atoms with van der Waals surface area (Å²) < 4.78 is 5.20. The van der Waals surface area contributed by atoms with Gasteiger partial charge in [-0.05, 0) is 25.3 Å². The standard InChI is InChI=1S/C17H20O3/c1-3-14(13-9-6-5-7-10-13)17(16(19)20-4-2)12-8-11-15(17)18/h3,5-7,9-10,14H,1,4,8,11-12H2,2H3/t14-,17+/m0/s1. The molecule has 1 fully saturated rings. The van der Waals surface area contributed by atoms with Crippen LogP contribution in [0.25, 0.3) is 0 Å². The quantitative estimate of drug-likeness (QED) is 0.469. The molecule has 1 aliphatic carbocycles. The Kier molecular flexibility index (Phi) is 4.38. The van der Waals surface area contributed by atoms with Crippen LogP contribution in [-0.4, -0.2) is 18.4 Å². The van der Waals surface area contributed by atoms with Gasteiger partial charge in [-0.1, -0.05) is 36.4 Å². The molecule has 0 bridgehead atoms. The van der Waals surface area contributed by atoms with Gasteiger partial charge in [0.25, 0.3) is 0 Å². The molecule has 0 N–H and O–H groups in total. The number of ketones is 1. The molecule has 0 radical (unpaired) electrons. The van der Waals surface area contributed by atoms with Gasteiger partial charge in [-0.3, -0.25) is 9.59 Å². The van der Waals surface area contributed by atoms with Crippen molar-refractivity contribution in [3.8, 4) is 0 Å². The van der Waals surface area contributed by atoms with Gasteiger partial charge in [-0.25, -0.2) is 0 Å². The molecule has 2 rings (SSSR count). The van der Waals surface area contributed by atoms with Crippen molar-refractivity contribution in [1.29, 1.82) is 0 Å². The first-order chi connectivity index (χ1) is 9.66. The Hall–Kier alpha value is -1.90. The maximum absolute atomic E-state index is 12.5. The number of allylic oxidation sites excluding steroid dienone is 1. The molecule has 0 spiro atoms. The summed E-state index contributed by atoms with van der Waals surface area (Å²) in [7, 11) is 0. The lowest BCUT2D eigenvalue weighted by Crippen LogP contribution is -2.41. The van der Waals surface area contributed by atoms with E-state index in [9.17, 15) is 9.59 Å². The summed E-state index contributed by atoms with van der Waals surface area (Å²) in [5.41, 5.74) is -0.148. The molecule has 0 amide bonds. The maximum Gasteiger partial charge on any atom is 0.320 e. The second-order valence-corrected chi connectivity index (χ2v) is 5.09. The van der Waals surface area contributed by atoms with Crippen LogP contribution in [0, 0.1) is 5.41 Å². The number of rotatable bonds is 5. The highest BCUT2D eigenvalue weighted by atomic mass is 16.5. The first kappa shape index (κ1) is 14.5. The van der Waals surface area contributed by atoms with Gasteiger partial charge in [0.05, 0.1) is 6.61 Å². The Morgan fingerprint density at radius 2 is 2.15 bits per heavy atom. The number of ether oxygens (including phenoxy) is 1. The van der Waals surface area contributed by atoms with Crippen molar-refractivity contribution in [2.24, 2.45) is 5.41 Å². The van der Waals surface area contributed by atoms with Gasteiger partial charge in [0.15, 0.2) is 5.78 Å². The van der Waals surface area contributed by atoms with Crippen molar-refractivity contribution in [3.63, 3.8) is 0 Å². The fourth-order valence-electron chi connectivity index (χ4n) is 3.10. The van der Waals surface area contributed by atoms with Crippen molar-refractivity contribution in [1.82, 2.24) is 0 Å². The predicted octanol–water partition coefficient (Wildman–Crippen LogP) is 3.26. The highest BCUT2D eigenvalue weighted by Crippen LogP contribution is 2.48. The molecule has 0 aromatic heterocycles. The molecular weight excluding hydrogens is 252 g/mol. The predicted molar refractivity (Wildman–Crippen MR) is 77.3 cm³/mol. The first-order valence-corrected chi connectivity index (χ1v) is 7.04. The molecule has 1 aliphatic rings. The zero-order valence-electron chi connectivity index (χ0n) is 11.8. The van der Waals surface area contributed by atoms with E-state index < -0.39 is 11.4 Å². The van der Waals surface area contributed by atoms with Crippen LogP contribution in [0.1, 0.15) is 37.7 Å². The van der Waals surface area contributed by atoms with E-state index in [-0.39, 0.29) is 18.3 Å². The van der Waals surface area contributed by atoms with E-state index in [2.05, 4.69) is 6.58 Å². The van der Waals surface area contributed by atoms with Crippen molar-refractivity contribution in [2.45, 2.75) is 32.1 Å². The summed E-state index contributed by atoms with van der Waals surface area (Å²) in [5.74, 6) is -0.751. The third-order valence-electron chi connectivity index (χ3n) is 4.04. The highest BCUT2D eigenvalue weighted by Gasteiger charge is 2.54. The van der Waals surface area contributed by atoms with Crippen molar-refractivity contribution < 1.29 is 14.3 Å². The Bertz CT molecular complexity index is 506. The first-order valence-electron chi connectivity index (χ1n) is 7.04. The molecule has 1 aromatic rings. The van der Waals surface area contributed by atoms with Gasteiger partial charge in [0.2, 0.25) is 0 Å². The SMILES string of the molecule is C=C[C@@H](c1ccccc1)[C@]1(C(=O)OCC)CCCC1=O. The molecule has 106 valence electrons. The summed E-state index contributed by atoms with van der Waals surface area (Å²) in [5, 5.41) is 0. The zero-order chi connectivity index (χ0) is 14.6. The third-order valence-corrected chi connectivity index (χ3v) is 4.04. The van der Waals surface area contributed by atoms with E-state index in [1.54, 1.807) is 13.0 Å².